The SMILES string of the molecule is CCC(C)NC(=O)c1ccc(NC(=O)c2nnc(COc3ccccc3)s2)cc1. The van der Waals surface area contributed by atoms with Gasteiger partial charge in [-0.15, -0.1) is 10.2 Å². The summed E-state index contributed by atoms with van der Waals surface area (Å²) in [4.78, 5) is 24.5. The van der Waals surface area contributed by atoms with Gasteiger partial charge in [0, 0.05) is 17.3 Å². The number of aromatic nitrogens is 2. The van der Waals surface area contributed by atoms with Gasteiger partial charge in [0.25, 0.3) is 11.8 Å². The van der Waals surface area contributed by atoms with E-state index in [0.29, 0.717) is 16.3 Å². The van der Waals surface area contributed by atoms with E-state index in [9.17, 15) is 9.59 Å². The van der Waals surface area contributed by atoms with Crippen LogP contribution in [0.25, 0.3) is 0 Å². The second-order valence-electron chi connectivity index (χ2n) is 6.42. The summed E-state index contributed by atoms with van der Waals surface area (Å²) in [5, 5.41) is 14.4. The van der Waals surface area contributed by atoms with Crippen LogP contribution in [0.4, 0.5) is 5.69 Å². The molecule has 7 nitrogen and oxygen atoms in total. The lowest BCUT2D eigenvalue weighted by molar-refractivity contribution is 0.0938. The molecule has 0 saturated carbocycles. The van der Waals surface area contributed by atoms with Crippen molar-refractivity contribution >= 4 is 28.8 Å². The smallest absolute Gasteiger partial charge is 0.286 e. The van der Waals surface area contributed by atoms with Crippen molar-refractivity contribution in [1.29, 1.82) is 0 Å². The van der Waals surface area contributed by atoms with Crippen molar-refractivity contribution in [3.63, 3.8) is 0 Å². The average molecular weight is 410 g/mol. The van der Waals surface area contributed by atoms with Crippen LogP contribution < -0.4 is 15.4 Å². The molecular weight excluding hydrogens is 388 g/mol. The van der Waals surface area contributed by atoms with E-state index in [0.717, 1.165) is 12.2 Å². The minimum absolute atomic E-state index is 0.111. The number of ether oxygens (including phenoxy) is 1. The molecule has 29 heavy (non-hydrogen) atoms. The predicted octanol–water partition coefficient (Wildman–Crippen LogP) is 3.90. The molecule has 2 amide bonds. The molecule has 3 aromatic rings. The van der Waals surface area contributed by atoms with Gasteiger partial charge >= 0.3 is 0 Å². The number of carbonyl (C=O) groups is 2. The molecular formula is C21H22N4O3S. The Labute approximate surface area is 173 Å². The Hall–Kier alpha value is -3.26. The van der Waals surface area contributed by atoms with Crippen molar-refractivity contribution in [1.82, 2.24) is 15.5 Å². The summed E-state index contributed by atoms with van der Waals surface area (Å²) < 4.78 is 5.61. The van der Waals surface area contributed by atoms with Crippen molar-refractivity contribution in [2.75, 3.05) is 5.32 Å². The topological polar surface area (TPSA) is 93.2 Å². The molecule has 3 rings (SSSR count). The molecule has 0 aliphatic carbocycles. The summed E-state index contributed by atoms with van der Waals surface area (Å²) in [5.74, 6) is 0.237. The van der Waals surface area contributed by atoms with Gasteiger partial charge in [0.15, 0.2) is 5.01 Å². The maximum atomic E-state index is 12.4. The van der Waals surface area contributed by atoms with E-state index in [-0.39, 0.29) is 29.5 Å². The van der Waals surface area contributed by atoms with Crippen LogP contribution in [0, 0.1) is 0 Å². The zero-order valence-corrected chi connectivity index (χ0v) is 17.0. The maximum absolute atomic E-state index is 12.4. The normalized spacial score (nSPS) is 11.5. The standard InChI is InChI=1S/C21H22N4O3S/c1-3-14(2)22-19(26)15-9-11-16(12-10-15)23-20(27)21-25-24-18(29-21)13-28-17-7-5-4-6-8-17/h4-12,14H,3,13H2,1-2H3,(H,22,26)(H,23,27). The van der Waals surface area contributed by atoms with Crippen LogP contribution in [-0.2, 0) is 6.61 Å². The zero-order chi connectivity index (χ0) is 20.6. The van der Waals surface area contributed by atoms with Crippen molar-refractivity contribution in [2.45, 2.75) is 32.9 Å². The minimum atomic E-state index is -0.356. The quantitative estimate of drug-likeness (QED) is 0.587. The number of para-hydroxylation sites is 1. The Morgan fingerprint density at radius 3 is 2.45 bits per heavy atom. The highest BCUT2D eigenvalue weighted by Crippen LogP contribution is 2.17. The fraction of sp³-hybridized carbons (Fsp3) is 0.238. The first-order valence-electron chi connectivity index (χ1n) is 9.27. The molecule has 0 bridgehead atoms. The first kappa shape index (κ1) is 20.5. The van der Waals surface area contributed by atoms with E-state index in [1.807, 2.05) is 44.2 Å². The fourth-order valence-corrected chi connectivity index (χ4v) is 3.01. The number of hydrogen-bond donors (Lipinski definition) is 2. The third-order valence-electron chi connectivity index (χ3n) is 4.16. The van der Waals surface area contributed by atoms with Crippen LogP contribution in [0.3, 0.4) is 0 Å². The number of anilines is 1. The van der Waals surface area contributed by atoms with Gasteiger partial charge in [0.1, 0.15) is 12.4 Å². The molecule has 150 valence electrons. The molecule has 1 heterocycles. The summed E-state index contributed by atoms with van der Waals surface area (Å²) >= 11 is 1.17. The number of amides is 2. The Morgan fingerprint density at radius 2 is 1.76 bits per heavy atom. The maximum Gasteiger partial charge on any atom is 0.286 e. The van der Waals surface area contributed by atoms with Crippen LogP contribution in [0.5, 0.6) is 5.75 Å². The number of carbonyl (C=O) groups excluding carboxylic acids is 2. The zero-order valence-electron chi connectivity index (χ0n) is 16.2. The highest BCUT2D eigenvalue weighted by molar-refractivity contribution is 7.13. The van der Waals surface area contributed by atoms with Crippen LogP contribution in [-0.4, -0.2) is 28.1 Å². The van der Waals surface area contributed by atoms with Crippen molar-refractivity contribution < 1.29 is 14.3 Å². The number of nitrogens with one attached hydrogen (secondary N) is 2. The lowest BCUT2D eigenvalue weighted by atomic mass is 10.1. The molecule has 1 atom stereocenters. The monoisotopic (exact) mass is 410 g/mol. The van der Waals surface area contributed by atoms with E-state index >= 15 is 0 Å². The van der Waals surface area contributed by atoms with Crippen LogP contribution >= 0.6 is 11.3 Å². The summed E-state index contributed by atoms with van der Waals surface area (Å²) in [6.45, 7) is 4.21. The van der Waals surface area contributed by atoms with E-state index in [4.69, 9.17) is 4.74 Å². The predicted molar refractivity (Wildman–Crippen MR) is 112 cm³/mol. The molecule has 0 saturated heterocycles. The molecule has 0 fully saturated rings. The van der Waals surface area contributed by atoms with Gasteiger partial charge in [-0.05, 0) is 49.7 Å². The van der Waals surface area contributed by atoms with Crippen molar-refractivity contribution in [3.8, 4) is 5.75 Å². The molecule has 8 heteroatoms. The van der Waals surface area contributed by atoms with Gasteiger partial charge in [-0.2, -0.15) is 0 Å². The fourth-order valence-electron chi connectivity index (χ4n) is 2.36. The molecule has 0 spiro atoms. The van der Waals surface area contributed by atoms with E-state index in [1.54, 1.807) is 24.3 Å². The summed E-state index contributed by atoms with van der Waals surface area (Å²) in [5.41, 5.74) is 1.12. The number of nitrogens with zero attached hydrogens (tertiary/aromatic N) is 2. The Bertz CT molecular complexity index is 958. The average Bonchev–Trinajstić information content (AvgIpc) is 3.22. The van der Waals surface area contributed by atoms with E-state index in [1.165, 1.54) is 11.3 Å². The molecule has 0 aliphatic rings. The van der Waals surface area contributed by atoms with Crippen LogP contribution in [0.2, 0.25) is 0 Å². The molecule has 0 aliphatic heterocycles. The molecule has 1 aromatic heterocycles. The van der Waals surface area contributed by atoms with Gasteiger partial charge in [-0.3, -0.25) is 9.59 Å². The van der Waals surface area contributed by atoms with Crippen LogP contribution in [0.1, 0.15) is 45.4 Å². The number of hydrogen-bond acceptors (Lipinski definition) is 6. The lowest BCUT2D eigenvalue weighted by Gasteiger charge is -2.11. The van der Waals surface area contributed by atoms with Crippen LogP contribution in [0.15, 0.2) is 54.6 Å². The van der Waals surface area contributed by atoms with Gasteiger partial charge in [-0.1, -0.05) is 36.5 Å². The Kier molecular flexibility index (Phi) is 6.91. The lowest BCUT2D eigenvalue weighted by Crippen LogP contribution is -2.31. The molecule has 1 unspecified atom stereocenters. The van der Waals surface area contributed by atoms with E-state index in [2.05, 4.69) is 20.8 Å². The molecule has 2 aromatic carbocycles. The van der Waals surface area contributed by atoms with Gasteiger partial charge < -0.3 is 15.4 Å². The summed E-state index contributed by atoms with van der Waals surface area (Å²) in [6.07, 6.45) is 0.861. The highest BCUT2D eigenvalue weighted by atomic mass is 32.1. The number of rotatable bonds is 8. The van der Waals surface area contributed by atoms with E-state index < -0.39 is 0 Å². The van der Waals surface area contributed by atoms with Gasteiger partial charge in [0.2, 0.25) is 5.01 Å². The molecule has 2 N–H and O–H groups in total. The number of benzene rings is 2. The third kappa shape index (κ3) is 5.86. The van der Waals surface area contributed by atoms with Crippen molar-refractivity contribution in [3.05, 3.63) is 70.2 Å². The summed E-state index contributed by atoms with van der Waals surface area (Å²) in [7, 11) is 0. The largest absolute Gasteiger partial charge is 0.486 e. The van der Waals surface area contributed by atoms with Crippen molar-refractivity contribution in [2.24, 2.45) is 0 Å². The second-order valence-corrected chi connectivity index (χ2v) is 7.48. The first-order valence-corrected chi connectivity index (χ1v) is 10.1. The Balaban J connectivity index is 1.55. The van der Waals surface area contributed by atoms with Gasteiger partial charge in [-0.25, -0.2) is 0 Å². The van der Waals surface area contributed by atoms with Gasteiger partial charge in [0.05, 0.1) is 0 Å². The molecule has 0 radical (unpaired) electrons. The highest BCUT2D eigenvalue weighted by Gasteiger charge is 2.14. The second kappa shape index (κ2) is 9.79. The summed E-state index contributed by atoms with van der Waals surface area (Å²) in [6, 6.07) is 16.2. The minimum Gasteiger partial charge on any atom is -0.486 e. The third-order valence-corrected chi connectivity index (χ3v) is 5.06. The first-order chi connectivity index (χ1) is 14.0. The Morgan fingerprint density at radius 1 is 1.03 bits per heavy atom.